The summed E-state index contributed by atoms with van der Waals surface area (Å²) in [6, 6.07) is 14.3. The van der Waals surface area contributed by atoms with Crippen molar-refractivity contribution < 1.29 is 9.15 Å². The number of fused-ring (bicyclic) bond motifs is 1. The van der Waals surface area contributed by atoms with Crippen LogP contribution in [0.4, 0.5) is 5.82 Å². The van der Waals surface area contributed by atoms with E-state index in [1.165, 1.54) is 5.56 Å². The van der Waals surface area contributed by atoms with Crippen LogP contribution in [0.3, 0.4) is 0 Å². The van der Waals surface area contributed by atoms with Crippen LogP contribution in [0.25, 0.3) is 22.7 Å². The Morgan fingerprint density at radius 1 is 1.07 bits per heavy atom. The molecule has 7 heteroatoms. The molecule has 0 aliphatic carbocycles. The van der Waals surface area contributed by atoms with Crippen molar-refractivity contribution in [3.63, 3.8) is 0 Å². The van der Waals surface area contributed by atoms with Gasteiger partial charge in [0, 0.05) is 6.54 Å². The van der Waals surface area contributed by atoms with Gasteiger partial charge < -0.3 is 19.5 Å². The average Bonchev–Trinajstić information content (AvgIpc) is 3.35. The lowest BCUT2D eigenvalue weighted by Gasteiger charge is -2.11. The van der Waals surface area contributed by atoms with Crippen LogP contribution in [-0.4, -0.2) is 26.1 Å². The molecule has 4 rings (SSSR count). The van der Waals surface area contributed by atoms with E-state index in [1.54, 1.807) is 6.26 Å². The molecule has 0 saturated heterocycles. The van der Waals surface area contributed by atoms with Crippen molar-refractivity contribution in [3.05, 3.63) is 54.3 Å². The largest absolute Gasteiger partial charge is 0.463 e. The Bertz CT molecular complexity index is 1070. The smallest absolute Gasteiger partial charge is 0.320 e. The zero-order chi connectivity index (χ0) is 20.2. The van der Waals surface area contributed by atoms with Crippen LogP contribution >= 0.6 is 0 Å². The summed E-state index contributed by atoms with van der Waals surface area (Å²) >= 11 is 0. The molecule has 0 radical (unpaired) electrons. The molecule has 0 bridgehead atoms. The van der Waals surface area contributed by atoms with Gasteiger partial charge in [0.05, 0.1) is 12.9 Å². The summed E-state index contributed by atoms with van der Waals surface area (Å²) in [5.74, 6) is 2.07. The second-order valence-electron chi connectivity index (χ2n) is 7.42. The van der Waals surface area contributed by atoms with Gasteiger partial charge in [0.1, 0.15) is 0 Å². The summed E-state index contributed by atoms with van der Waals surface area (Å²) in [5.41, 5.74) is 8.69. The minimum Gasteiger partial charge on any atom is -0.463 e. The predicted octanol–water partition coefficient (Wildman–Crippen LogP) is 4.34. The first-order chi connectivity index (χ1) is 14.1. The van der Waals surface area contributed by atoms with Crippen molar-refractivity contribution in [2.45, 2.75) is 33.2 Å². The Labute approximate surface area is 169 Å². The lowest BCUT2D eigenvalue weighted by molar-refractivity contribution is 0.288. The average molecular weight is 391 g/mol. The molecular formula is C22H25N5O2. The molecule has 29 heavy (non-hydrogen) atoms. The van der Waals surface area contributed by atoms with Crippen LogP contribution in [0.15, 0.2) is 53.1 Å². The molecular weight excluding hydrogens is 366 g/mol. The molecule has 0 unspecified atom stereocenters. The fraction of sp³-hybridized carbons (Fsp3) is 0.318. The van der Waals surface area contributed by atoms with E-state index in [4.69, 9.17) is 14.9 Å². The first kappa shape index (κ1) is 19.0. The van der Waals surface area contributed by atoms with Crippen LogP contribution < -0.4 is 10.5 Å². The van der Waals surface area contributed by atoms with Crippen molar-refractivity contribution in [1.82, 2.24) is 19.5 Å². The predicted molar refractivity (Wildman–Crippen MR) is 113 cm³/mol. The number of hydrogen-bond acceptors (Lipinski definition) is 6. The van der Waals surface area contributed by atoms with E-state index < -0.39 is 0 Å². The Balaban J connectivity index is 1.58. The molecule has 0 atom stereocenters. The van der Waals surface area contributed by atoms with Crippen molar-refractivity contribution in [1.29, 1.82) is 0 Å². The fourth-order valence-electron chi connectivity index (χ4n) is 3.28. The van der Waals surface area contributed by atoms with E-state index in [0.29, 0.717) is 41.1 Å². The van der Waals surface area contributed by atoms with E-state index in [-0.39, 0.29) is 6.01 Å². The number of nitrogens with zero attached hydrogens (tertiary/aromatic N) is 4. The van der Waals surface area contributed by atoms with Crippen molar-refractivity contribution in [2.24, 2.45) is 5.92 Å². The van der Waals surface area contributed by atoms with E-state index in [0.717, 1.165) is 19.4 Å². The number of ether oxygens (including phenoxy) is 1. The Kier molecular flexibility index (Phi) is 5.46. The van der Waals surface area contributed by atoms with E-state index in [1.807, 2.05) is 34.9 Å². The number of furan rings is 1. The number of aryl methyl sites for hydroxylation is 1. The highest BCUT2D eigenvalue weighted by Gasteiger charge is 2.20. The van der Waals surface area contributed by atoms with Gasteiger partial charge in [-0.3, -0.25) is 0 Å². The number of hydrogen-bond donors (Lipinski definition) is 1. The van der Waals surface area contributed by atoms with Gasteiger partial charge in [-0.2, -0.15) is 9.97 Å². The monoisotopic (exact) mass is 391 g/mol. The number of nitrogens with two attached hydrogens (primary N) is 1. The Hall–Kier alpha value is -3.35. The third-order valence-corrected chi connectivity index (χ3v) is 4.57. The summed E-state index contributed by atoms with van der Waals surface area (Å²) in [5, 5.41) is 0. The summed E-state index contributed by atoms with van der Waals surface area (Å²) in [7, 11) is 0. The van der Waals surface area contributed by atoms with Crippen molar-refractivity contribution in [3.8, 4) is 17.6 Å². The van der Waals surface area contributed by atoms with Crippen molar-refractivity contribution in [2.75, 3.05) is 12.3 Å². The molecule has 0 aliphatic rings. The first-order valence-corrected chi connectivity index (χ1v) is 9.86. The normalized spacial score (nSPS) is 11.4. The molecule has 3 aromatic heterocycles. The highest BCUT2D eigenvalue weighted by Crippen LogP contribution is 2.28. The van der Waals surface area contributed by atoms with Crippen LogP contribution in [-0.2, 0) is 13.0 Å². The molecule has 4 aromatic rings. The number of aromatic nitrogens is 4. The number of nitrogen functional groups attached to an aromatic ring is 1. The summed E-state index contributed by atoms with van der Waals surface area (Å²) in [4.78, 5) is 13.6. The number of rotatable bonds is 8. The van der Waals surface area contributed by atoms with E-state index in [9.17, 15) is 0 Å². The van der Waals surface area contributed by atoms with Crippen LogP contribution in [0.5, 0.6) is 6.01 Å². The maximum absolute atomic E-state index is 6.18. The van der Waals surface area contributed by atoms with Gasteiger partial charge in [0.25, 0.3) is 0 Å². The van der Waals surface area contributed by atoms with Crippen LogP contribution in [0.2, 0.25) is 0 Å². The Morgan fingerprint density at radius 3 is 2.62 bits per heavy atom. The molecule has 0 saturated carbocycles. The van der Waals surface area contributed by atoms with Gasteiger partial charge in [-0.1, -0.05) is 44.2 Å². The SMILES string of the molecule is CC(C)Cn1c(-c2ccco2)nc2c(N)nc(OCCCc3ccccc3)nc21. The highest BCUT2D eigenvalue weighted by molar-refractivity contribution is 5.85. The topological polar surface area (TPSA) is 92.0 Å². The first-order valence-electron chi connectivity index (χ1n) is 9.86. The number of anilines is 1. The lowest BCUT2D eigenvalue weighted by atomic mass is 10.1. The van der Waals surface area contributed by atoms with Gasteiger partial charge in [-0.15, -0.1) is 0 Å². The summed E-state index contributed by atoms with van der Waals surface area (Å²) in [6.07, 6.45) is 3.44. The molecule has 0 aliphatic heterocycles. The second kappa shape index (κ2) is 8.34. The minimum atomic E-state index is 0.277. The third kappa shape index (κ3) is 4.23. The third-order valence-electron chi connectivity index (χ3n) is 4.57. The highest BCUT2D eigenvalue weighted by atomic mass is 16.5. The number of imidazole rings is 1. The summed E-state index contributed by atoms with van der Waals surface area (Å²) in [6.45, 7) is 5.53. The minimum absolute atomic E-state index is 0.277. The molecule has 7 nitrogen and oxygen atoms in total. The van der Waals surface area contributed by atoms with Crippen LogP contribution in [0, 0.1) is 5.92 Å². The van der Waals surface area contributed by atoms with Crippen LogP contribution in [0.1, 0.15) is 25.8 Å². The molecule has 0 amide bonds. The maximum Gasteiger partial charge on any atom is 0.320 e. The van der Waals surface area contributed by atoms with E-state index in [2.05, 4.69) is 40.9 Å². The second-order valence-corrected chi connectivity index (χ2v) is 7.42. The number of benzene rings is 1. The standard InChI is InChI=1S/C22H25N5O2/c1-15(2)14-27-20(17-11-7-12-28-17)24-18-19(23)25-22(26-21(18)27)29-13-6-10-16-8-4-3-5-9-16/h3-5,7-9,11-12,15H,6,10,13-14H2,1-2H3,(H2,23,25,26). The van der Waals surface area contributed by atoms with E-state index >= 15 is 0 Å². The zero-order valence-electron chi connectivity index (χ0n) is 16.7. The van der Waals surface area contributed by atoms with Gasteiger partial charge >= 0.3 is 6.01 Å². The van der Waals surface area contributed by atoms with Crippen molar-refractivity contribution >= 4 is 17.0 Å². The van der Waals surface area contributed by atoms with Gasteiger partial charge in [-0.05, 0) is 36.5 Å². The van der Waals surface area contributed by atoms with Gasteiger partial charge in [0.2, 0.25) is 0 Å². The summed E-state index contributed by atoms with van der Waals surface area (Å²) < 4.78 is 13.4. The molecule has 1 aromatic carbocycles. The molecule has 0 spiro atoms. The quantitative estimate of drug-likeness (QED) is 0.449. The van der Waals surface area contributed by atoms with Gasteiger partial charge in [-0.25, -0.2) is 4.98 Å². The maximum atomic E-state index is 6.18. The Morgan fingerprint density at radius 2 is 1.90 bits per heavy atom. The molecule has 2 N–H and O–H groups in total. The lowest BCUT2D eigenvalue weighted by Crippen LogP contribution is -2.09. The molecule has 0 fully saturated rings. The zero-order valence-corrected chi connectivity index (χ0v) is 16.7. The molecule has 3 heterocycles. The molecule has 150 valence electrons. The fourth-order valence-corrected chi connectivity index (χ4v) is 3.28. The van der Waals surface area contributed by atoms with Gasteiger partial charge in [0.15, 0.2) is 28.6 Å².